The predicted octanol–water partition coefficient (Wildman–Crippen LogP) is 3.73. The third-order valence-electron chi connectivity index (χ3n) is 6.09. The van der Waals surface area contributed by atoms with Gasteiger partial charge in [0.1, 0.15) is 0 Å². The molecule has 1 heterocycles. The number of carbonyl (C=O) groups excluding carboxylic acids is 1. The molecule has 0 spiro atoms. The van der Waals surface area contributed by atoms with Crippen LogP contribution in [0, 0.1) is 6.92 Å². The first-order valence-corrected chi connectivity index (χ1v) is 11.8. The first-order valence-electron chi connectivity index (χ1n) is 10.4. The van der Waals surface area contributed by atoms with Crippen LogP contribution in [-0.2, 0) is 21.2 Å². The van der Waals surface area contributed by atoms with Gasteiger partial charge in [0.25, 0.3) is 0 Å². The Bertz CT molecular complexity index is 979. The van der Waals surface area contributed by atoms with E-state index in [0.717, 1.165) is 42.4 Å². The summed E-state index contributed by atoms with van der Waals surface area (Å²) in [5, 5.41) is 3.12. The number of aryl methyl sites for hydroxylation is 1. The van der Waals surface area contributed by atoms with Crippen LogP contribution >= 0.6 is 0 Å². The second-order valence-electron chi connectivity index (χ2n) is 8.15. The molecule has 2 aromatic carbocycles. The molecule has 1 fully saturated rings. The normalized spacial score (nSPS) is 20.4. The average Bonchev–Trinajstić information content (AvgIpc) is 3.21. The van der Waals surface area contributed by atoms with Gasteiger partial charge < -0.3 is 5.32 Å². The lowest BCUT2D eigenvalue weighted by atomic mass is 9.92. The highest BCUT2D eigenvalue weighted by molar-refractivity contribution is 7.89. The standard InChI is InChI=1S/C23H28N2O3S/c1-17-10-12-20(13-11-17)29(27,28)25-15-14-18-6-2-5-9-21(18)22(25)16-23(26)24-19-7-3-4-8-19/h2,5-6,9-13,19,22H,3-4,7-8,14-16H2,1H3,(H,24,26)/t22-/m0/s1. The number of rotatable bonds is 5. The van der Waals surface area contributed by atoms with Crippen LogP contribution in [0.4, 0.5) is 0 Å². The lowest BCUT2D eigenvalue weighted by Crippen LogP contribution is -2.43. The number of hydrogen-bond donors (Lipinski definition) is 1. The molecule has 1 saturated carbocycles. The van der Waals surface area contributed by atoms with E-state index in [1.807, 2.05) is 43.3 Å². The SMILES string of the molecule is Cc1ccc(S(=O)(=O)N2CCc3ccccc3[C@@H]2CC(=O)NC2CCCC2)cc1. The van der Waals surface area contributed by atoms with Crippen molar-refractivity contribution in [1.82, 2.24) is 9.62 Å². The first kappa shape index (κ1) is 20.1. The van der Waals surface area contributed by atoms with Crippen LogP contribution in [0.15, 0.2) is 53.4 Å². The Hall–Kier alpha value is -2.18. The highest BCUT2D eigenvalue weighted by Gasteiger charge is 2.37. The molecule has 0 bridgehead atoms. The summed E-state index contributed by atoms with van der Waals surface area (Å²) in [6.07, 6.45) is 5.12. The maximum atomic E-state index is 13.4. The van der Waals surface area contributed by atoms with E-state index in [2.05, 4.69) is 5.32 Å². The summed E-state index contributed by atoms with van der Waals surface area (Å²) in [4.78, 5) is 13.1. The van der Waals surface area contributed by atoms with Crippen molar-refractivity contribution in [3.8, 4) is 0 Å². The molecule has 1 aliphatic carbocycles. The zero-order valence-electron chi connectivity index (χ0n) is 16.8. The molecule has 0 saturated heterocycles. The second kappa shape index (κ2) is 8.28. The summed E-state index contributed by atoms with van der Waals surface area (Å²) >= 11 is 0. The van der Waals surface area contributed by atoms with E-state index in [9.17, 15) is 13.2 Å². The molecule has 1 N–H and O–H groups in total. The quantitative estimate of drug-likeness (QED) is 0.814. The van der Waals surface area contributed by atoms with Crippen LogP contribution in [0.25, 0.3) is 0 Å². The summed E-state index contributed by atoms with van der Waals surface area (Å²) in [6, 6.07) is 14.6. The molecule has 4 rings (SSSR count). The van der Waals surface area contributed by atoms with Crippen molar-refractivity contribution in [2.45, 2.75) is 62.4 Å². The molecule has 0 aromatic heterocycles. The van der Waals surface area contributed by atoms with Crippen LogP contribution in [0.5, 0.6) is 0 Å². The van der Waals surface area contributed by atoms with E-state index in [4.69, 9.17) is 0 Å². The Kier molecular flexibility index (Phi) is 5.74. The number of sulfonamides is 1. The van der Waals surface area contributed by atoms with Gasteiger partial charge in [-0.1, -0.05) is 54.8 Å². The fourth-order valence-electron chi connectivity index (χ4n) is 4.51. The van der Waals surface area contributed by atoms with Gasteiger partial charge in [0, 0.05) is 19.0 Å². The van der Waals surface area contributed by atoms with E-state index >= 15 is 0 Å². The number of fused-ring (bicyclic) bond motifs is 1. The smallest absolute Gasteiger partial charge is 0.243 e. The zero-order valence-corrected chi connectivity index (χ0v) is 17.6. The van der Waals surface area contributed by atoms with E-state index < -0.39 is 16.1 Å². The minimum Gasteiger partial charge on any atom is -0.353 e. The Labute approximate surface area is 173 Å². The molecule has 6 heteroatoms. The molecule has 5 nitrogen and oxygen atoms in total. The molecule has 0 radical (unpaired) electrons. The Balaban J connectivity index is 1.64. The monoisotopic (exact) mass is 412 g/mol. The summed E-state index contributed by atoms with van der Waals surface area (Å²) in [5.74, 6) is -0.0669. The van der Waals surface area contributed by atoms with Crippen LogP contribution < -0.4 is 5.32 Å². The van der Waals surface area contributed by atoms with Crippen molar-refractivity contribution < 1.29 is 13.2 Å². The Morgan fingerprint density at radius 1 is 1.07 bits per heavy atom. The lowest BCUT2D eigenvalue weighted by Gasteiger charge is -2.36. The van der Waals surface area contributed by atoms with E-state index in [1.54, 1.807) is 12.1 Å². The summed E-state index contributed by atoms with van der Waals surface area (Å²) in [7, 11) is -3.69. The van der Waals surface area contributed by atoms with Crippen LogP contribution in [0.3, 0.4) is 0 Å². The van der Waals surface area contributed by atoms with Gasteiger partial charge in [0.05, 0.1) is 10.9 Å². The molecule has 154 valence electrons. The van der Waals surface area contributed by atoms with E-state index in [0.29, 0.717) is 13.0 Å². The lowest BCUT2D eigenvalue weighted by molar-refractivity contribution is -0.122. The van der Waals surface area contributed by atoms with Crippen molar-refractivity contribution in [2.24, 2.45) is 0 Å². The first-order chi connectivity index (χ1) is 13.9. The van der Waals surface area contributed by atoms with Gasteiger partial charge in [-0.25, -0.2) is 8.42 Å². The molecular weight excluding hydrogens is 384 g/mol. The largest absolute Gasteiger partial charge is 0.353 e. The number of benzene rings is 2. The molecule has 1 atom stereocenters. The number of amides is 1. The fourth-order valence-corrected chi connectivity index (χ4v) is 6.11. The van der Waals surface area contributed by atoms with Crippen LogP contribution in [0.1, 0.15) is 54.8 Å². The predicted molar refractivity (Wildman–Crippen MR) is 113 cm³/mol. The second-order valence-corrected chi connectivity index (χ2v) is 10.0. The average molecular weight is 413 g/mol. The molecule has 1 amide bonds. The number of nitrogens with zero attached hydrogens (tertiary/aromatic N) is 1. The number of hydrogen-bond acceptors (Lipinski definition) is 3. The molecular formula is C23H28N2O3S. The van der Waals surface area contributed by atoms with E-state index in [-0.39, 0.29) is 23.3 Å². The van der Waals surface area contributed by atoms with Crippen LogP contribution in [-0.4, -0.2) is 31.2 Å². The van der Waals surface area contributed by atoms with Gasteiger partial charge in [0.15, 0.2) is 0 Å². The molecule has 2 aromatic rings. The topological polar surface area (TPSA) is 66.5 Å². The van der Waals surface area contributed by atoms with E-state index in [1.165, 1.54) is 4.31 Å². The van der Waals surface area contributed by atoms with Crippen LogP contribution in [0.2, 0.25) is 0 Å². The number of carbonyl (C=O) groups is 1. The minimum absolute atomic E-state index is 0.0669. The molecule has 2 aliphatic rings. The third kappa shape index (κ3) is 4.23. The van der Waals surface area contributed by atoms with Gasteiger partial charge in [-0.3, -0.25) is 4.79 Å². The van der Waals surface area contributed by atoms with Crippen molar-refractivity contribution in [3.63, 3.8) is 0 Å². The van der Waals surface area contributed by atoms with Gasteiger partial charge in [-0.15, -0.1) is 0 Å². The van der Waals surface area contributed by atoms with Gasteiger partial charge in [0.2, 0.25) is 15.9 Å². The number of nitrogens with one attached hydrogen (secondary N) is 1. The van der Waals surface area contributed by atoms with Crippen molar-refractivity contribution in [1.29, 1.82) is 0 Å². The van der Waals surface area contributed by atoms with Crippen molar-refractivity contribution >= 4 is 15.9 Å². The van der Waals surface area contributed by atoms with Gasteiger partial charge in [-0.05, 0) is 49.4 Å². The molecule has 29 heavy (non-hydrogen) atoms. The Morgan fingerprint density at radius 3 is 2.48 bits per heavy atom. The highest BCUT2D eigenvalue weighted by Crippen LogP contribution is 2.36. The molecule has 1 aliphatic heterocycles. The zero-order chi connectivity index (χ0) is 20.4. The summed E-state index contributed by atoms with van der Waals surface area (Å²) in [6.45, 7) is 2.32. The maximum absolute atomic E-state index is 13.4. The Morgan fingerprint density at radius 2 is 1.76 bits per heavy atom. The highest BCUT2D eigenvalue weighted by atomic mass is 32.2. The van der Waals surface area contributed by atoms with Gasteiger partial charge >= 0.3 is 0 Å². The summed E-state index contributed by atoms with van der Waals surface area (Å²) in [5.41, 5.74) is 3.08. The van der Waals surface area contributed by atoms with Crippen molar-refractivity contribution in [3.05, 3.63) is 65.2 Å². The summed E-state index contributed by atoms with van der Waals surface area (Å²) < 4.78 is 28.4. The molecule has 0 unspecified atom stereocenters. The van der Waals surface area contributed by atoms with Crippen molar-refractivity contribution in [2.75, 3.05) is 6.54 Å². The fraction of sp³-hybridized carbons (Fsp3) is 0.435. The maximum Gasteiger partial charge on any atom is 0.243 e. The van der Waals surface area contributed by atoms with Gasteiger partial charge in [-0.2, -0.15) is 4.31 Å². The minimum atomic E-state index is -3.69. The third-order valence-corrected chi connectivity index (χ3v) is 8.01.